The molecular weight excluding hydrogens is 330 g/mol. The SMILES string of the molecule is C[C@@H]1C[C@@H]1C(=O)Nc1ccc(Oc2ccc(Br)cc2)cc1. The Morgan fingerprint density at radius 1 is 1.10 bits per heavy atom. The maximum absolute atomic E-state index is 11.8. The smallest absolute Gasteiger partial charge is 0.227 e. The first-order valence-electron chi connectivity index (χ1n) is 6.96. The molecule has 3 nitrogen and oxygen atoms in total. The fourth-order valence-corrected chi connectivity index (χ4v) is 2.43. The molecule has 0 bridgehead atoms. The van der Waals surface area contributed by atoms with Crippen molar-refractivity contribution in [3.05, 3.63) is 53.0 Å². The summed E-state index contributed by atoms with van der Waals surface area (Å²) in [5.41, 5.74) is 0.808. The van der Waals surface area contributed by atoms with Gasteiger partial charge >= 0.3 is 0 Å². The Kier molecular flexibility index (Phi) is 3.97. The lowest BCUT2D eigenvalue weighted by atomic mass is 10.2. The van der Waals surface area contributed by atoms with Crippen molar-refractivity contribution in [3.63, 3.8) is 0 Å². The molecule has 2 atom stereocenters. The molecule has 1 aliphatic rings. The first kappa shape index (κ1) is 14.1. The van der Waals surface area contributed by atoms with E-state index < -0.39 is 0 Å². The van der Waals surface area contributed by atoms with Crippen molar-refractivity contribution in [2.75, 3.05) is 5.32 Å². The van der Waals surface area contributed by atoms with Gasteiger partial charge in [-0.2, -0.15) is 0 Å². The highest BCUT2D eigenvalue weighted by Crippen LogP contribution is 2.38. The van der Waals surface area contributed by atoms with Crippen LogP contribution in [0.3, 0.4) is 0 Å². The second kappa shape index (κ2) is 5.90. The van der Waals surface area contributed by atoms with Gasteiger partial charge in [0, 0.05) is 16.1 Å². The van der Waals surface area contributed by atoms with Crippen molar-refractivity contribution in [3.8, 4) is 11.5 Å². The third-order valence-corrected chi connectivity index (χ3v) is 4.15. The van der Waals surface area contributed by atoms with E-state index in [2.05, 4.69) is 28.2 Å². The molecule has 2 aromatic rings. The number of carbonyl (C=O) groups excluding carboxylic acids is 1. The van der Waals surface area contributed by atoms with Gasteiger partial charge in [0.1, 0.15) is 11.5 Å². The summed E-state index contributed by atoms with van der Waals surface area (Å²) in [5.74, 6) is 2.34. The highest BCUT2D eigenvalue weighted by molar-refractivity contribution is 9.10. The van der Waals surface area contributed by atoms with Crippen LogP contribution in [0, 0.1) is 11.8 Å². The maximum Gasteiger partial charge on any atom is 0.227 e. The molecule has 1 N–H and O–H groups in total. The summed E-state index contributed by atoms with van der Waals surface area (Å²) in [7, 11) is 0. The van der Waals surface area contributed by atoms with E-state index in [-0.39, 0.29) is 11.8 Å². The highest BCUT2D eigenvalue weighted by atomic mass is 79.9. The summed E-state index contributed by atoms with van der Waals surface area (Å²) in [6.45, 7) is 2.10. The average molecular weight is 346 g/mol. The van der Waals surface area contributed by atoms with Crippen LogP contribution in [0.25, 0.3) is 0 Å². The van der Waals surface area contributed by atoms with Gasteiger partial charge in [0.25, 0.3) is 0 Å². The summed E-state index contributed by atoms with van der Waals surface area (Å²) in [5, 5.41) is 2.93. The third-order valence-electron chi connectivity index (χ3n) is 3.62. The Balaban J connectivity index is 1.61. The molecule has 2 aromatic carbocycles. The van der Waals surface area contributed by atoms with Crippen LogP contribution in [0.4, 0.5) is 5.69 Å². The number of anilines is 1. The molecule has 0 unspecified atom stereocenters. The Labute approximate surface area is 132 Å². The molecule has 108 valence electrons. The van der Waals surface area contributed by atoms with Gasteiger partial charge in [-0.3, -0.25) is 4.79 Å². The number of hydrogen-bond donors (Lipinski definition) is 1. The second-order valence-electron chi connectivity index (χ2n) is 5.39. The van der Waals surface area contributed by atoms with Crippen molar-refractivity contribution < 1.29 is 9.53 Å². The first-order valence-corrected chi connectivity index (χ1v) is 7.75. The van der Waals surface area contributed by atoms with Crippen LogP contribution >= 0.6 is 15.9 Å². The van der Waals surface area contributed by atoms with E-state index in [1.165, 1.54) is 0 Å². The zero-order chi connectivity index (χ0) is 14.8. The summed E-state index contributed by atoms with van der Waals surface area (Å²) in [6.07, 6.45) is 0.997. The van der Waals surface area contributed by atoms with Gasteiger partial charge < -0.3 is 10.1 Å². The van der Waals surface area contributed by atoms with E-state index in [0.717, 1.165) is 28.1 Å². The maximum atomic E-state index is 11.8. The number of ether oxygens (including phenoxy) is 1. The standard InChI is InChI=1S/C17H16BrNO2/c1-11-10-16(11)17(20)19-13-4-8-15(9-5-13)21-14-6-2-12(18)3-7-14/h2-9,11,16H,10H2,1H3,(H,19,20)/t11-,16+/m1/s1. The fourth-order valence-electron chi connectivity index (χ4n) is 2.17. The molecule has 0 radical (unpaired) electrons. The lowest BCUT2D eigenvalue weighted by molar-refractivity contribution is -0.117. The molecule has 1 aliphatic carbocycles. The predicted octanol–water partition coefficient (Wildman–Crippen LogP) is 4.84. The zero-order valence-electron chi connectivity index (χ0n) is 11.7. The van der Waals surface area contributed by atoms with Crippen LogP contribution in [0.2, 0.25) is 0 Å². The van der Waals surface area contributed by atoms with Gasteiger partial charge in [-0.1, -0.05) is 22.9 Å². The van der Waals surface area contributed by atoms with Crippen molar-refractivity contribution >= 4 is 27.5 Å². The molecule has 3 rings (SSSR count). The van der Waals surface area contributed by atoms with Gasteiger partial charge in [-0.15, -0.1) is 0 Å². The Morgan fingerprint density at radius 2 is 1.62 bits per heavy atom. The Hall–Kier alpha value is -1.81. The van der Waals surface area contributed by atoms with E-state index in [0.29, 0.717) is 5.92 Å². The lowest BCUT2D eigenvalue weighted by Crippen LogP contribution is -2.14. The van der Waals surface area contributed by atoms with Crippen LogP contribution in [0.1, 0.15) is 13.3 Å². The topological polar surface area (TPSA) is 38.3 Å². The van der Waals surface area contributed by atoms with Gasteiger partial charge in [0.05, 0.1) is 0 Å². The summed E-state index contributed by atoms with van der Waals surface area (Å²) < 4.78 is 6.75. The molecule has 0 spiro atoms. The molecular formula is C17H16BrNO2. The lowest BCUT2D eigenvalue weighted by Gasteiger charge is -2.08. The summed E-state index contributed by atoms with van der Waals surface area (Å²) in [6, 6.07) is 15.1. The first-order chi connectivity index (χ1) is 10.1. The van der Waals surface area contributed by atoms with Crippen molar-refractivity contribution in [2.45, 2.75) is 13.3 Å². The molecule has 1 amide bonds. The van der Waals surface area contributed by atoms with E-state index in [4.69, 9.17) is 4.74 Å². The summed E-state index contributed by atoms with van der Waals surface area (Å²) >= 11 is 3.39. The summed E-state index contributed by atoms with van der Waals surface area (Å²) in [4.78, 5) is 11.8. The molecule has 0 saturated heterocycles. The number of amides is 1. The minimum absolute atomic E-state index is 0.115. The number of rotatable bonds is 4. The van der Waals surface area contributed by atoms with Crippen LogP contribution in [-0.2, 0) is 4.79 Å². The molecule has 1 fully saturated rings. The molecule has 1 saturated carbocycles. The Morgan fingerprint density at radius 3 is 2.14 bits per heavy atom. The van der Waals surface area contributed by atoms with Crippen molar-refractivity contribution in [1.29, 1.82) is 0 Å². The van der Waals surface area contributed by atoms with E-state index >= 15 is 0 Å². The van der Waals surface area contributed by atoms with Crippen LogP contribution in [0.15, 0.2) is 53.0 Å². The number of hydrogen-bond acceptors (Lipinski definition) is 2. The molecule has 0 aliphatic heterocycles. The van der Waals surface area contributed by atoms with Gasteiger partial charge in [0.2, 0.25) is 5.91 Å². The number of benzene rings is 2. The second-order valence-corrected chi connectivity index (χ2v) is 6.30. The van der Waals surface area contributed by atoms with Gasteiger partial charge in [-0.05, 0) is 60.9 Å². The van der Waals surface area contributed by atoms with Crippen molar-refractivity contribution in [2.24, 2.45) is 11.8 Å². The fraction of sp³-hybridized carbons (Fsp3) is 0.235. The van der Waals surface area contributed by atoms with E-state index in [1.807, 2.05) is 48.5 Å². The van der Waals surface area contributed by atoms with Crippen LogP contribution in [-0.4, -0.2) is 5.91 Å². The molecule has 0 aromatic heterocycles. The predicted molar refractivity (Wildman–Crippen MR) is 86.6 cm³/mol. The minimum Gasteiger partial charge on any atom is -0.457 e. The minimum atomic E-state index is 0.115. The average Bonchev–Trinajstić information content (AvgIpc) is 3.21. The third kappa shape index (κ3) is 3.64. The number of halogens is 1. The quantitative estimate of drug-likeness (QED) is 0.861. The van der Waals surface area contributed by atoms with E-state index in [9.17, 15) is 4.79 Å². The van der Waals surface area contributed by atoms with Gasteiger partial charge in [-0.25, -0.2) is 0 Å². The number of nitrogens with one attached hydrogen (secondary N) is 1. The van der Waals surface area contributed by atoms with Crippen LogP contribution in [0.5, 0.6) is 11.5 Å². The van der Waals surface area contributed by atoms with Gasteiger partial charge in [0.15, 0.2) is 0 Å². The zero-order valence-corrected chi connectivity index (χ0v) is 13.3. The molecule has 21 heavy (non-hydrogen) atoms. The van der Waals surface area contributed by atoms with Crippen LogP contribution < -0.4 is 10.1 Å². The Bertz CT molecular complexity index is 637. The highest BCUT2D eigenvalue weighted by Gasteiger charge is 2.38. The molecule has 0 heterocycles. The largest absolute Gasteiger partial charge is 0.457 e. The van der Waals surface area contributed by atoms with Crippen molar-refractivity contribution in [1.82, 2.24) is 0 Å². The number of carbonyl (C=O) groups is 1. The van der Waals surface area contributed by atoms with E-state index in [1.54, 1.807) is 0 Å². The monoisotopic (exact) mass is 345 g/mol. The normalized spacial score (nSPS) is 19.9. The molecule has 4 heteroatoms.